The summed E-state index contributed by atoms with van der Waals surface area (Å²) in [4.78, 5) is 21.7. The number of anilines is 1. The van der Waals surface area contributed by atoms with Crippen LogP contribution in [0.3, 0.4) is 0 Å². The standard InChI is InChI=1S/C33H49N3O8/c1-24-27(10-9-26(34-24)23-41-19-18-40-6)33(38)12-14-36(31(37)44-32(2,3)4)21-30(33)43-22-25-8-11-29-28(20-25)35(15-17-42-29)13-7-16-39-5/h8-11,20,30,38H,7,12-19,21-23H2,1-6H3/t30-,33-/m0/s1. The second-order valence-electron chi connectivity index (χ2n) is 12.4. The summed E-state index contributed by atoms with van der Waals surface area (Å²) < 4.78 is 34.0. The fourth-order valence-electron chi connectivity index (χ4n) is 5.61. The van der Waals surface area contributed by atoms with Crippen molar-refractivity contribution in [3.8, 4) is 5.75 Å². The molecule has 1 aromatic heterocycles. The predicted molar refractivity (Wildman–Crippen MR) is 166 cm³/mol. The van der Waals surface area contributed by atoms with Crippen LogP contribution in [0, 0.1) is 6.92 Å². The third kappa shape index (κ3) is 8.82. The Bertz CT molecular complexity index is 1240. The molecule has 2 aliphatic heterocycles. The molecule has 2 atom stereocenters. The number of piperidine rings is 1. The number of methoxy groups -OCH3 is 2. The van der Waals surface area contributed by atoms with E-state index in [1.54, 1.807) is 19.1 Å². The van der Waals surface area contributed by atoms with Gasteiger partial charge >= 0.3 is 6.09 Å². The van der Waals surface area contributed by atoms with Crippen LogP contribution in [-0.4, -0.2) is 99.6 Å². The second kappa shape index (κ2) is 15.4. The minimum Gasteiger partial charge on any atom is -0.490 e. The van der Waals surface area contributed by atoms with Gasteiger partial charge in [-0.2, -0.15) is 0 Å². The van der Waals surface area contributed by atoms with Gasteiger partial charge in [0.2, 0.25) is 0 Å². The first-order chi connectivity index (χ1) is 21.0. The highest BCUT2D eigenvalue weighted by Crippen LogP contribution is 2.38. The van der Waals surface area contributed by atoms with Crippen LogP contribution in [0.2, 0.25) is 0 Å². The fourth-order valence-corrected chi connectivity index (χ4v) is 5.61. The minimum absolute atomic E-state index is 0.171. The van der Waals surface area contributed by atoms with Crippen LogP contribution in [0.15, 0.2) is 30.3 Å². The number of hydrogen-bond donors (Lipinski definition) is 1. The Kier molecular flexibility index (Phi) is 11.8. The lowest BCUT2D eigenvalue weighted by molar-refractivity contribution is -0.155. The van der Waals surface area contributed by atoms with Crippen molar-refractivity contribution in [2.45, 2.75) is 71.1 Å². The summed E-state index contributed by atoms with van der Waals surface area (Å²) in [6.45, 7) is 12.5. The van der Waals surface area contributed by atoms with Gasteiger partial charge in [0.15, 0.2) is 0 Å². The molecule has 1 amide bonds. The van der Waals surface area contributed by atoms with Crippen LogP contribution < -0.4 is 9.64 Å². The molecule has 11 heteroatoms. The van der Waals surface area contributed by atoms with E-state index in [1.165, 1.54) is 0 Å². The first-order valence-electron chi connectivity index (χ1n) is 15.4. The molecule has 0 unspecified atom stereocenters. The number of carbonyl (C=O) groups is 1. The third-order valence-corrected chi connectivity index (χ3v) is 7.84. The van der Waals surface area contributed by atoms with E-state index in [2.05, 4.69) is 11.0 Å². The van der Waals surface area contributed by atoms with Crippen molar-refractivity contribution in [3.63, 3.8) is 0 Å². The maximum absolute atomic E-state index is 13.0. The van der Waals surface area contributed by atoms with Crippen molar-refractivity contribution in [1.29, 1.82) is 0 Å². The summed E-state index contributed by atoms with van der Waals surface area (Å²) >= 11 is 0. The summed E-state index contributed by atoms with van der Waals surface area (Å²) in [5.74, 6) is 0.843. The molecule has 1 aromatic carbocycles. The van der Waals surface area contributed by atoms with E-state index in [0.717, 1.165) is 42.2 Å². The number of fused-ring (bicyclic) bond motifs is 1. The highest BCUT2D eigenvalue weighted by atomic mass is 16.6. The first kappa shape index (κ1) is 33.9. The number of aromatic nitrogens is 1. The first-order valence-corrected chi connectivity index (χ1v) is 15.4. The van der Waals surface area contributed by atoms with Crippen molar-refractivity contribution >= 4 is 11.8 Å². The third-order valence-electron chi connectivity index (χ3n) is 7.84. The monoisotopic (exact) mass is 615 g/mol. The molecule has 2 aromatic rings. The Morgan fingerprint density at radius 3 is 2.61 bits per heavy atom. The SMILES string of the molecule is COCCCN1CCOc2ccc(CO[C@H]3CN(C(=O)OC(C)(C)C)CC[C@]3(O)c3ccc(COCCOC)nc3C)cc21. The van der Waals surface area contributed by atoms with Crippen LogP contribution in [0.4, 0.5) is 10.5 Å². The van der Waals surface area contributed by atoms with Gasteiger partial charge in [-0.25, -0.2) is 4.79 Å². The van der Waals surface area contributed by atoms with Crippen LogP contribution in [0.5, 0.6) is 5.75 Å². The second-order valence-corrected chi connectivity index (χ2v) is 12.4. The highest BCUT2D eigenvalue weighted by molar-refractivity contribution is 5.68. The zero-order valence-electron chi connectivity index (χ0n) is 27.1. The van der Waals surface area contributed by atoms with Gasteiger partial charge in [-0.15, -0.1) is 0 Å². The molecular weight excluding hydrogens is 566 g/mol. The van der Waals surface area contributed by atoms with Gasteiger partial charge < -0.3 is 43.3 Å². The van der Waals surface area contributed by atoms with Gasteiger partial charge in [-0.1, -0.05) is 12.1 Å². The Morgan fingerprint density at radius 2 is 1.89 bits per heavy atom. The molecule has 44 heavy (non-hydrogen) atoms. The van der Waals surface area contributed by atoms with Crippen molar-refractivity contribution in [2.24, 2.45) is 0 Å². The minimum atomic E-state index is -1.37. The number of aliphatic hydroxyl groups is 1. The van der Waals surface area contributed by atoms with Crippen molar-refractivity contribution in [1.82, 2.24) is 9.88 Å². The maximum Gasteiger partial charge on any atom is 0.410 e. The summed E-state index contributed by atoms with van der Waals surface area (Å²) in [6.07, 6.45) is 0.0360. The van der Waals surface area contributed by atoms with Gasteiger partial charge in [0.25, 0.3) is 0 Å². The summed E-state index contributed by atoms with van der Waals surface area (Å²) in [5, 5.41) is 12.3. The normalized spacial score (nSPS) is 20.3. The molecule has 0 aliphatic carbocycles. The Hall–Kier alpha value is -2.96. The molecule has 0 saturated carbocycles. The van der Waals surface area contributed by atoms with E-state index in [-0.39, 0.29) is 19.6 Å². The molecule has 0 bridgehead atoms. The lowest BCUT2D eigenvalue weighted by atomic mass is 9.81. The van der Waals surface area contributed by atoms with Crippen LogP contribution >= 0.6 is 0 Å². The fraction of sp³-hybridized carbons (Fsp3) is 0.636. The van der Waals surface area contributed by atoms with E-state index < -0.39 is 23.4 Å². The number of hydrogen-bond acceptors (Lipinski definition) is 10. The van der Waals surface area contributed by atoms with Gasteiger partial charge in [0.1, 0.15) is 29.7 Å². The Morgan fingerprint density at radius 1 is 1.09 bits per heavy atom. The number of ether oxygens (including phenoxy) is 6. The molecular formula is C33H49N3O8. The topological polar surface area (TPSA) is 112 Å². The summed E-state index contributed by atoms with van der Waals surface area (Å²) in [6, 6.07) is 9.80. The molecule has 1 fully saturated rings. The van der Waals surface area contributed by atoms with E-state index in [9.17, 15) is 9.90 Å². The summed E-state index contributed by atoms with van der Waals surface area (Å²) in [7, 11) is 3.34. The zero-order valence-corrected chi connectivity index (χ0v) is 27.1. The Balaban J connectivity index is 1.55. The quantitative estimate of drug-likeness (QED) is 0.329. The van der Waals surface area contributed by atoms with Gasteiger partial charge in [0, 0.05) is 51.6 Å². The number of carbonyl (C=O) groups excluding carboxylic acids is 1. The van der Waals surface area contributed by atoms with Crippen LogP contribution in [-0.2, 0) is 42.5 Å². The van der Waals surface area contributed by atoms with Crippen molar-refractivity contribution in [2.75, 3.05) is 71.7 Å². The number of nitrogens with zero attached hydrogens (tertiary/aromatic N) is 3. The zero-order chi connectivity index (χ0) is 31.7. The van der Waals surface area contributed by atoms with E-state index in [0.29, 0.717) is 50.8 Å². The van der Waals surface area contributed by atoms with Gasteiger partial charge in [-0.05, 0) is 57.9 Å². The number of amides is 1. The lowest BCUT2D eigenvalue weighted by Gasteiger charge is -2.45. The molecule has 4 rings (SSSR count). The molecule has 244 valence electrons. The smallest absolute Gasteiger partial charge is 0.410 e. The van der Waals surface area contributed by atoms with Crippen LogP contribution in [0.25, 0.3) is 0 Å². The molecule has 1 N–H and O–H groups in total. The van der Waals surface area contributed by atoms with Crippen molar-refractivity contribution in [3.05, 3.63) is 52.8 Å². The average Bonchev–Trinajstić information content (AvgIpc) is 2.98. The van der Waals surface area contributed by atoms with Gasteiger partial charge in [-0.3, -0.25) is 4.98 Å². The number of rotatable bonds is 13. The van der Waals surface area contributed by atoms with Crippen molar-refractivity contribution < 1.29 is 38.3 Å². The molecule has 1 saturated heterocycles. The average molecular weight is 616 g/mol. The Labute approximate surface area is 261 Å². The predicted octanol–water partition coefficient (Wildman–Crippen LogP) is 4.20. The largest absolute Gasteiger partial charge is 0.490 e. The summed E-state index contributed by atoms with van der Waals surface area (Å²) in [5.41, 5.74) is 2.10. The van der Waals surface area contributed by atoms with Gasteiger partial charge in [0.05, 0.1) is 50.9 Å². The molecule has 11 nitrogen and oxygen atoms in total. The molecule has 3 heterocycles. The molecule has 2 aliphatic rings. The number of likely N-dealkylation sites (tertiary alicyclic amines) is 1. The van der Waals surface area contributed by atoms with E-state index >= 15 is 0 Å². The molecule has 0 radical (unpaired) electrons. The van der Waals surface area contributed by atoms with E-state index in [4.69, 9.17) is 33.4 Å². The number of benzene rings is 1. The van der Waals surface area contributed by atoms with E-state index in [1.807, 2.05) is 52.0 Å². The number of pyridine rings is 1. The molecule has 0 spiro atoms. The lowest BCUT2D eigenvalue weighted by Crippen LogP contribution is -2.57. The van der Waals surface area contributed by atoms with Crippen LogP contribution in [0.1, 0.15) is 56.1 Å². The highest BCUT2D eigenvalue weighted by Gasteiger charge is 2.46. The number of aryl methyl sites for hydroxylation is 1. The maximum atomic E-state index is 13.0.